The number of hydrogen-bond donors (Lipinski definition) is 0. The summed E-state index contributed by atoms with van der Waals surface area (Å²) in [6.45, 7) is 3.63. The third-order valence-electron chi connectivity index (χ3n) is 4.81. The van der Waals surface area contributed by atoms with E-state index < -0.39 is 0 Å². The molecule has 4 rings (SSSR count). The number of imide groups is 1. The Morgan fingerprint density at radius 2 is 1.74 bits per heavy atom. The number of rotatable bonds is 1. The van der Waals surface area contributed by atoms with Gasteiger partial charge in [0.15, 0.2) is 0 Å². The summed E-state index contributed by atoms with van der Waals surface area (Å²) in [5.41, 5.74) is 1.48. The maximum atomic E-state index is 12.5. The number of anilines is 1. The van der Waals surface area contributed by atoms with Gasteiger partial charge in [-0.2, -0.15) is 0 Å². The molecule has 0 unspecified atom stereocenters. The second-order valence-electron chi connectivity index (χ2n) is 5.71. The lowest BCUT2D eigenvalue weighted by molar-refractivity contribution is -0.123. The Morgan fingerprint density at radius 1 is 1.16 bits per heavy atom. The van der Waals surface area contributed by atoms with E-state index in [9.17, 15) is 9.59 Å². The van der Waals surface area contributed by atoms with E-state index in [4.69, 9.17) is 4.52 Å². The Labute approximate surface area is 110 Å². The molecule has 4 atom stereocenters. The van der Waals surface area contributed by atoms with Crippen molar-refractivity contribution in [1.29, 1.82) is 0 Å². The van der Waals surface area contributed by atoms with Crippen LogP contribution in [0.3, 0.4) is 0 Å². The van der Waals surface area contributed by atoms with E-state index in [1.54, 1.807) is 6.92 Å². The molecule has 2 fully saturated rings. The molecule has 1 saturated heterocycles. The number of aryl methyl sites for hydroxylation is 1. The molecule has 5 heteroatoms. The molecule has 19 heavy (non-hydrogen) atoms. The molecule has 5 nitrogen and oxygen atoms in total. The van der Waals surface area contributed by atoms with Crippen molar-refractivity contribution in [3.05, 3.63) is 23.4 Å². The highest BCUT2D eigenvalue weighted by atomic mass is 16.5. The number of hydrogen-bond acceptors (Lipinski definition) is 4. The molecule has 0 radical (unpaired) electrons. The molecular weight excluding hydrogens is 244 g/mol. The van der Waals surface area contributed by atoms with Crippen molar-refractivity contribution in [1.82, 2.24) is 5.16 Å². The SMILES string of the molecule is Cc1noc(N2C(=O)[C@@H]3[C@H](C2=O)[C@H]2C=C[C@@H]3C2)c1C. The molecule has 2 aliphatic carbocycles. The average Bonchev–Trinajstić information content (AvgIpc) is 3.10. The number of carbonyl (C=O) groups excluding carboxylic acids is 2. The first-order valence-corrected chi connectivity index (χ1v) is 6.58. The highest BCUT2D eigenvalue weighted by Crippen LogP contribution is 2.53. The van der Waals surface area contributed by atoms with Crippen molar-refractivity contribution in [2.24, 2.45) is 23.7 Å². The maximum absolute atomic E-state index is 12.5. The predicted octanol–water partition coefficient (Wildman–Crippen LogP) is 1.60. The topological polar surface area (TPSA) is 63.4 Å². The summed E-state index contributed by atoms with van der Waals surface area (Å²) in [5.74, 6) is 0.139. The van der Waals surface area contributed by atoms with Crippen molar-refractivity contribution < 1.29 is 14.1 Å². The van der Waals surface area contributed by atoms with Crippen molar-refractivity contribution in [2.75, 3.05) is 4.90 Å². The third-order valence-corrected chi connectivity index (χ3v) is 4.81. The molecule has 3 aliphatic rings. The van der Waals surface area contributed by atoms with Crippen LogP contribution in [0.15, 0.2) is 16.7 Å². The zero-order chi connectivity index (χ0) is 13.3. The Kier molecular flexibility index (Phi) is 1.93. The lowest BCUT2D eigenvalue weighted by Crippen LogP contribution is -2.33. The first-order chi connectivity index (χ1) is 9.09. The number of nitrogens with zero attached hydrogens (tertiary/aromatic N) is 2. The van der Waals surface area contributed by atoms with Crippen LogP contribution in [0.4, 0.5) is 5.88 Å². The van der Waals surface area contributed by atoms with Crippen molar-refractivity contribution in [2.45, 2.75) is 20.3 Å². The monoisotopic (exact) mass is 258 g/mol. The lowest BCUT2D eigenvalue weighted by atomic mass is 9.85. The molecular formula is C14H14N2O3. The zero-order valence-corrected chi connectivity index (χ0v) is 10.8. The molecule has 2 bridgehead atoms. The van der Waals surface area contributed by atoms with Crippen LogP contribution in [0.25, 0.3) is 0 Å². The van der Waals surface area contributed by atoms with Crippen LogP contribution in [0, 0.1) is 37.5 Å². The molecule has 0 spiro atoms. The summed E-state index contributed by atoms with van der Waals surface area (Å²) in [4.78, 5) is 26.3. The van der Waals surface area contributed by atoms with E-state index in [1.165, 1.54) is 4.90 Å². The molecule has 2 amide bonds. The van der Waals surface area contributed by atoms with Gasteiger partial charge in [-0.1, -0.05) is 17.3 Å². The molecule has 1 saturated carbocycles. The molecule has 1 aliphatic heterocycles. The van der Waals surface area contributed by atoms with E-state index in [-0.39, 0.29) is 35.5 Å². The largest absolute Gasteiger partial charge is 0.337 e. The van der Waals surface area contributed by atoms with Gasteiger partial charge in [0, 0.05) is 5.56 Å². The van der Waals surface area contributed by atoms with Gasteiger partial charge in [-0.05, 0) is 32.1 Å². The second-order valence-corrected chi connectivity index (χ2v) is 5.71. The van der Waals surface area contributed by atoms with E-state index in [2.05, 4.69) is 17.3 Å². The van der Waals surface area contributed by atoms with Crippen molar-refractivity contribution in [3.63, 3.8) is 0 Å². The quantitative estimate of drug-likeness (QED) is 0.567. The first-order valence-electron chi connectivity index (χ1n) is 6.58. The van der Waals surface area contributed by atoms with Crippen LogP contribution in [-0.4, -0.2) is 17.0 Å². The summed E-state index contributed by atoms with van der Waals surface area (Å²) in [6, 6.07) is 0. The third kappa shape index (κ3) is 1.18. The summed E-state index contributed by atoms with van der Waals surface area (Å²) in [5, 5.41) is 3.84. The fourth-order valence-corrected chi connectivity index (χ4v) is 3.71. The van der Waals surface area contributed by atoms with Crippen LogP contribution in [-0.2, 0) is 9.59 Å². The lowest BCUT2D eigenvalue weighted by Gasteiger charge is -2.14. The normalized spacial score (nSPS) is 35.6. The Hall–Kier alpha value is -1.91. The number of amides is 2. The Balaban J connectivity index is 1.79. The number of fused-ring (bicyclic) bond motifs is 5. The van der Waals surface area contributed by atoms with Crippen LogP contribution in [0.2, 0.25) is 0 Å². The van der Waals surface area contributed by atoms with Gasteiger partial charge in [0.05, 0.1) is 17.5 Å². The molecule has 1 aromatic rings. The zero-order valence-electron chi connectivity index (χ0n) is 10.8. The standard InChI is InChI=1S/C14H14N2O3/c1-6-7(2)15-19-14(6)16-12(17)10-8-3-4-9(5-8)11(10)13(16)18/h3-4,8-11H,5H2,1-2H3/t8-,9+,10+,11-. The Morgan fingerprint density at radius 3 is 2.21 bits per heavy atom. The average molecular weight is 258 g/mol. The first kappa shape index (κ1) is 11.0. The van der Waals surface area contributed by atoms with Crippen LogP contribution in [0.5, 0.6) is 0 Å². The highest BCUT2D eigenvalue weighted by molar-refractivity contribution is 6.22. The second kappa shape index (κ2) is 3.35. The van der Waals surface area contributed by atoms with Gasteiger partial charge in [-0.3, -0.25) is 9.59 Å². The predicted molar refractivity (Wildman–Crippen MR) is 66.2 cm³/mol. The van der Waals surface area contributed by atoms with Gasteiger partial charge >= 0.3 is 0 Å². The minimum Gasteiger partial charge on any atom is -0.337 e. The van der Waals surface area contributed by atoms with Crippen LogP contribution in [0.1, 0.15) is 17.7 Å². The number of aromatic nitrogens is 1. The van der Waals surface area contributed by atoms with Gasteiger partial charge in [0.2, 0.25) is 17.7 Å². The number of carbonyl (C=O) groups is 2. The van der Waals surface area contributed by atoms with E-state index in [0.29, 0.717) is 11.6 Å². The molecule has 0 aromatic carbocycles. The van der Waals surface area contributed by atoms with Crippen LogP contribution >= 0.6 is 0 Å². The summed E-state index contributed by atoms with van der Waals surface area (Å²) >= 11 is 0. The van der Waals surface area contributed by atoms with E-state index in [1.807, 2.05) is 6.92 Å². The smallest absolute Gasteiger partial charge is 0.243 e. The fraction of sp³-hybridized carbons (Fsp3) is 0.500. The molecule has 1 aromatic heterocycles. The molecule has 98 valence electrons. The summed E-state index contributed by atoms with van der Waals surface area (Å²) in [7, 11) is 0. The fourth-order valence-electron chi connectivity index (χ4n) is 3.71. The van der Waals surface area contributed by atoms with Crippen LogP contribution < -0.4 is 4.90 Å². The highest BCUT2D eigenvalue weighted by Gasteiger charge is 2.60. The summed E-state index contributed by atoms with van der Waals surface area (Å²) in [6.07, 6.45) is 5.10. The van der Waals surface area contributed by atoms with Crippen molar-refractivity contribution >= 4 is 17.7 Å². The number of allylic oxidation sites excluding steroid dienone is 2. The Bertz CT molecular complexity index is 601. The molecule has 2 heterocycles. The minimum absolute atomic E-state index is 0.119. The summed E-state index contributed by atoms with van der Waals surface area (Å²) < 4.78 is 5.19. The van der Waals surface area contributed by atoms with Gasteiger partial charge in [-0.15, -0.1) is 0 Å². The van der Waals surface area contributed by atoms with Crippen molar-refractivity contribution in [3.8, 4) is 0 Å². The van der Waals surface area contributed by atoms with E-state index in [0.717, 1.165) is 12.0 Å². The van der Waals surface area contributed by atoms with E-state index >= 15 is 0 Å². The van der Waals surface area contributed by atoms with Gasteiger partial charge < -0.3 is 4.52 Å². The molecule has 0 N–H and O–H groups in total. The minimum atomic E-state index is -0.188. The van der Waals surface area contributed by atoms with Gasteiger partial charge in [0.25, 0.3) is 0 Å². The van der Waals surface area contributed by atoms with Gasteiger partial charge in [0.1, 0.15) is 0 Å². The van der Waals surface area contributed by atoms with Gasteiger partial charge in [-0.25, -0.2) is 4.90 Å². The maximum Gasteiger partial charge on any atom is 0.243 e.